The van der Waals surface area contributed by atoms with Crippen LogP contribution in [-0.2, 0) is 11.2 Å². The largest absolute Gasteiger partial charge is 0.353 e. The van der Waals surface area contributed by atoms with E-state index in [0.717, 1.165) is 25.7 Å². The molecule has 2 heteroatoms. The van der Waals surface area contributed by atoms with Gasteiger partial charge in [-0.1, -0.05) is 49.6 Å². The molecule has 1 aliphatic heterocycles. The highest BCUT2D eigenvalue weighted by Gasteiger charge is 2.46. The minimum absolute atomic E-state index is 0.0162. The summed E-state index contributed by atoms with van der Waals surface area (Å²) in [6.45, 7) is 0. The van der Waals surface area contributed by atoms with Gasteiger partial charge in [-0.15, -0.1) is 0 Å². The molecule has 1 aliphatic carbocycles. The standard InChI is InChI=1S/C16H21NO/c18-15-16(9-5-2-6-10-16)12-14(17-15)11-13-7-3-1-4-8-13/h1,3-4,7-8,14H,2,5-6,9-12H2,(H,17,18)/t14-/m0/s1. The molecule has 1 saturated carbocycles. The van der Waals surface area contributed by atoms with Crippen molar-refractivity contribution in [3.8, 4) is 0 Å². The Balaban J connectivity index is 1.68. The van der Waals surface area contributed by atoms with Gasteiger partial charge in [0.2, 0.25) is 5.91 Å². The Hall–Kier alpha value is -1.31. The van der Waals surface area contributed by atoms with Gasteiger partial charge in [0.1, 0.15) is 0 Å². The maximum atomic E-state index is 12.2. The third-order valence-electron chi connectivity index (χ3n) is 4.59. The first-order valence-corrected chi connectivity index (χ1v) is 7.13. The van der Waals surface area contributed by atoms with Crippen molar-refractivity contribution in [2.24, 2.45) is 5.41 Å². The first-order valence-electron chi connectivity index (χ1n) is 7.13. The highest BCUT2D eigenvalue weighted by molar-refractivity contribution is 5.85. The third kappa shape index (κ3) is 2.16. The Labute approximate surface area is 109 Å². The average Bonchev–Trinajstić information content (AvgIpc) is 2.68. The molecule has 1 atom stereocenters. The van der Waals surface area contributed by atoms with E-state index < -0.39 is 0 Å². The van der Waals surface area contributed by atoms with Crippen LogP contribution in [0.2, 0.25) is 0 Å². The topological polar surface area (TPSA) is 29.1 Å². The van der Waals surface area contributed by atoms with Crippen LogP contribution < -0.4 is 5.32 Å². The second kappa shape index (κ2) is 4.75. The smallest absolute Gasteiger partial charge is 0.226 e. The van der Waals surface area contributed by atoms with Crippen molar-refractivity contribution in [3.05, 3.63) is 35.9 Å². The molecule has 2 fully saturated rings. The van der Waals surface area contributed by atoms with E-state index in [9.17, 15) is 4.79 Å². The zero-order chi connectivity index (χ0) is 12.4. The molecular weight excluding hydrogens is 222 g/mol. The number of carbonyl (C=O) groups is 1. The lowest BCUT2D eigenvalue weighted by Crippen LogP contribution is -2.33. The molecule has 1 amide bonds. The van der Waals surface area contributed by atoms with E-state index in [1.807, 2.05) is 6.07 Å². The van der Waals surface area contributed by atoms with Crippen molar-refractivity contribution in [2.45, 2.75) is 51.0 Å². The SMILES string of the molecule is O=C1N[C@@H](Cc2ccccc2)CC12CCCCC2. The quantitative estimate of drug-likeness (QED) is 0.849. The zero-order valence-electron chi connectivity index (χ0n) is 10.8. The van der Waals surface area contributed by atoms with Crippen LogP contribution in [0.3, 0.4) is 0 Å². The first-order chi connectivity index (χ1) is 8.78. The zero-order valence-corrected chi connectivity index (χ0v) is 10.8. The van der Waals surface area contributed by atoms with E-state index in [2.05, 4.69) is 29.6 Å². The van der Waals surface area contributed by atoms with Crippen LogP contribution in [0.5, 0.6) is 0 Å². The monoisotopic (exact) mass is 243 g/mol. The lowest BCUT2D eigenvalue weighted by molar-refractivity contribution is -0.129. The van der Waals surface area contributed by atoms with Gasteiger partial charge in [0, 0.05) is 6.04 Å². The summed E-state index contributed by atoms with van der Waals surface area (Å²) >= 11 is 0. The summed E-state index contributed by atoms with van der Waals surface area (Å²) in [5.74, 6) is 0.322. The summed E-state index contributed by atoms with van der Waals surface area (Å²) in [5.41, 5.74) is 1.31. The Morgan fingerprint density at radius 3 is 2.56 bits per heavy atom. The van der Waals surface area contributed by atoms with Crippen molar-refractivity contribution in [2.75, 3.05) is 0 Å². The van der Waals surface area contributed by atoms with E-state index in [1.54, 1.807) is 0 Å². The van der Waals surface area contributed by atoms with E-state index >= 15 is 0 Å². The Kier molecular flexibility index (Phi) is 3.11. The number of hydrogen-bond acceptors (Lipinski definition) is 1. The molecule has 2 nitrogen and oxygen atoms in total. The number of amides is 1. The number of benzene rings is 1. The molecule has 1 saturated heterocycles. The second-order valence-corrected chi connectivity index (χ2v) is 5.91. The molecule has 0 bridgehead atoms. The number of nitrogens with one attached hydrogen (secondary N) is 1. The lowest BCUT2D eigenvalue weighted by atomic mass is 9.72. The van der Waals surface area contributed by atoms with E-state index in [1.165, 1.54) is 24.8 Å². The van der Waals surface area contributed by atoms with Crippen LogP contribution in [0.15, 0.2) is 30.3 Å². The fourth-order valence-corrected chi connectivity index (χ4v) is 3.64. The van der Waals surface area contributed by atoms with E-state index in [4.69, 9.17) is 0 Å². The van der Waals surface area contributed by atoms with E-state index in [-0.39, 0.29) is 5.41 Å². The van der Waals surface area contributed by atoms with Crippen LogP contribution >= 0.6 is 0 Å². The summed E-state index contributed by atoms with van der Waals surface area (Å²) in [4.78, 5) is 12.2. The highest BCUT2D eigenvalue weighted by Crippen LogP contribution is 2.44. The molecule has 1 spiro atoms. The molecule has 3 rings (SSSR count). The Morgan fingerprint density at radius 2 is 1.83 bits per heavy atom. The highest BCUT2D eigenvalue weighted by atomic mass is 16.2. The van der Waals surface area contributed by atoms with Crippen molar-refractivity contribution >= 4 is 5.91 Å². The minimum atomic E-state index is -0.0162. The summed E-state index contributed by atoms with van der Waals surface area (Å²) in [7, 11) is 0. The van der Waals surface area contributed by atoms with Gasteiger partial charge >= 0.3 is 0 Å². The fourth-order valence-electron chi connectivity index (χ4n) is 3.64. The van der Waals surface area contributed by atoms with Crippen LogP contribution in [0.1, 0.15) is 44.1 Å². The molecule has 0 unspecified atom stereocenters. The first kappa shape index (κ1) is 11.8. The van der Waals surface area contributed by atoms with Gasteiger partial charge in [-0.25, -0.2) is 0 Å². The minimum Gasteiger partial charge on any atom is -0.353 e. The maximum absolute atomic E-state index is 12.2. The number of carbonyl (C=O) groups excluding carboxylic acids is 1. The molecule has 1 heterocycles. The average molecular weight is 243 g/mol. The van der Waals surface area contributed by atoms with Crippen molar-refractivity contribution in [3.63, 3.8) is 0 Å². The molecule has 2 aliphatic rings. The van der Waals surface area contributed by atoms with Gasteiger partial charge in [-0.05, 0) is 31.2 Å². The molecule has 96 valence electrons. The van der Waals surface area contributed by atoms with E-state index in [0.29, 0.717) is 11.9 Å². The Morgan fingerprint density at radius 1 is 1.11 bits per heavy atom. The third-order valence-corrected chi connectivity index (χ3v) is 4.59. The maximum Gasteiger partial charge on any atom is 0.226 e. The van der Waals surface area contributed by atoms with Gasteiger partial charge in [0.05, 0.1) is 5.41 Å². The van der Waals surface area contributed by atoms with Crippen LogP contribution in [0.4, 0.5) is 0 Å². The van der Waals surface area contributed by atoms with Gasteiger partial charge < -0.3 is 5.32 Å². The van der Waals surface area contributed by atoms with Gasteiger partial charge in [-0.2, -0.15) is 0 Å². The van der Waals surface area contributed by atoms with Crippen LogP contribution in [0, 0.1) is 5.41 Å². The lowest BCUT2D eigenvalue weighted by Gasteiger charge is -2.30. The molecule has 1 aromatic rings. The molecule has 0 aromatic heterocycles. The summed E-state index contributed by atoms with van der Waals surface area (Å²) in [6, 6.07) is 10.8. The number of hydrogen-bond donors (Lipinski definition) is 1. The van der Waals surface area contributed by atoms with Gasteiger partial charge in [0.25, 0.3) is 0 Å². The molecule has 0 radical (unpaired) electrons. The van der Waals surface area contributed by atoms with Gasteiger partial charge in [0.15, 0.2) is 0 Å². The predicted octanol–water partition coefficient (Wildman–Crippen LogP) is 3.07. The molecule has 1 N–H and O–H groups in total. The summed E-state index contributed by atoms with van der Waals surface area (Å²) < 4.78 is 0. The summed E-state index contributed by atoms with van der Waals surface area (Å²) in [5, 5.41) is 3.22. The second-order valence-electron chi connectivity index (χ2n) is 5.91. The number of rotatable bonds is 2. The van der Waals surface area contributed by atoms with Crippen molar-refractivity contribution in [1.29, 1.82) is 0 Å². The van der Waals surface area contributed by atoms with Crippen LogP contribution in [-0.4, -0.2) is 11.9 Å². The Bertz CT molecular complexity index is 420. The molecule has 18 heavy (non-hydrogen) atoms. The normalized spacial score (nSPS) is 26.2. The summed E-state index contributed by atoms with van der Waals surface area (Å²) in [6.07, 6.45) is 7.98. The van der Waals surface area contributed by atoms with Crippen molar-refractivity contribution < 1.29 is 4.79 Å². The van der Waals surface area contributed by atoms with Crippen molar-refractivity contribution in [1.82, 2.24) is 5.32 Å². The predicted molar refractivity (Wildman–Crippen MR) is 72.2 cm³/mol. The fraction of sp³-hybridized carbons (Fsp3) is 0.562. The molecular formula is C16H21NO. The van der Waals surface area contributed by atoms with Gasteiger partial charge in [-0.3, -0.25) is 4.79 Å². The molecule has 1 aromatic carbocycles. The van der Waals surface area contributed by atoms with Crippen LogP contribution in [0.25, 0.3) is 0 Å².